The van der Waals surface area contributed by atoms with Gasteiger partial charge in [0.2, 0.25) is 0 Å². The lowest BCUT2D eigenvalue weighted by atomic mass is 10.1. The number of likely N-dealkylation sites (tertiary alicyclic amines) is 1. The number of hydrogen-bond donors (Lipinski definition) is 2. The van der Waals surface area contributed by atoms with Crippen molar-refractivity contribution in [3.8, 4) is 0 Å². The molecule has 2 rings (SSSR count). The van der Waals surface area contributed by atoms with E-state index in [1.54, 1.807) is 17.0 Å². The molecule has 1 aliphatic heterocycles. The third-order valence-corrected chi connectivity index (χ3v) is 3.91. The summed E-state index contributed by atoms with van der Waals surface area (Å²) in [7, 11) is 0. The van der Waals surface area contributed by atoms with E-state index in [0.29, 0.717) is 30.9 Å². The van der Waals surface area contributed by atoms with E-state index >= 15 is 0 Å². The molecule has 0 unspecified atom stereocenters. The lowest BCUT2D eigenvalue weighted by molar-refractivity contribution is -0.00552. The lowest BCUT2D eigenvalue weighted by Gasteiger charge is -2.32. The molecule has 5 nitrogen and oxygen atoms in total. The van der Waals surface area contributed by atoms with Gasteiger partial charge in [0.25, 0.3) is 5.91 Å². The SMILES string of the molecule is Nc1cc(Br)ccc1C(=O)N1CCC(OCCO)CC1. The minimum atomic E-state index is -0.0318. The van der Waals surface area contributed by atoms with Crippen molar-refractivity contribution in [2.24, 2.45) is 0 Å². The Labute approximate surface area is 126 Å². The van der Waals surface area contributed by atoms with Gasteiger partial charge in [0.05, 0.1) is 24.9 Å². The minimum Gasteiger partial charge on any atom is -0.398 e. The average molecular weight is 343 g/mol. The molecule has 1 aliphatic rings. The number of nitrogen functional groups attached to an aromatic ring is 1. The number of carbonyl (C=O) groups is 1. The Balaban J connectivity index is 1.94. The number of aliphatic hydroxyl groups excluding tert-OH is 1. The number of benzene rings is 1. The molecule has 6 heteroatoms. The quantitative estimate of drug-likeness (QED) is 0.815. The Bertz CT molecular complexity index is 473. The molecular formula is C14H19BrN2O3. The second-order valence-electron chi connectivity index (χ2n) is 4.82. The Kier molecular flexibility index (Phi) is 5.39. The summed E-state index contributed by atoms with van der Waals surface area (Å²) in [4.78, 5) is 14.2. The van der Waals surface area contributed by atoms with Crippen molar-refractivity contribution in [2.45, 2.75) is 18.9 Å². The van der Waals surface area contributed by atoms with Crippen LogP contribution in [0.5, 0.6) is 0 Å². The first-order valence-corrected chi connectivity index (χ1v) is 7.48. The van der Waals surface area contributed by atoms with Crippen LogP contribution >= 0.6 is 15.9 Å². The number of carbonyl (C=O) groups excluding carboxylic acids is 1. The third kappa shape index (κ3) is 3.71. The normalized spacial score (nSPS) is 16.4. The number of nitrogens with two attached hydrogens (primary N) is 1. The van der Waals surface area contributed by atoms with Crippen LogP contribution in [-0.2, 0) is 4.74 Å². The van der Waals surface area contributed by atoms with Gasteiger partial charge in [-0.1, -0.05) is 15.9 Å². The van der Waals surface area contributed by atoms with E-state index in [0.717, 1.165) is 17.3 Å². The zero-order valence-electron chi connectivity index (χ0n) is 11.2. The van der Waals surface area contributed by atoms with Gasteiger partial charge in [-0.05, 0) is 31.0 Å². The van der Waals surface area contributed by atoms with Gasteiger partial charge in [-0.15, -0.1) is 0 Å². The number of nitrogens with zero attached hydrogens (tertiary/aromatic N) is 1. The molecular weight excluding hydrogens is 324 g/mol. The zero-order valence-corrected chi connectivity index (χ0v) is 12.8. The molecule has 110 valence electrons. The summed E-state index contributed by atoms with van der Waals surface area (Å²) >= 11 is 3.33. The van der Waals surface area contributed by atoms with Crippen molar-refractivity contribution in [3.63, 3.8) is 0 Å². The molecule has 1 fully saturated rings. The van der Waals surface area contributed by atoms with Gasteiger partial charge in [0.15, 0.2) is 0 Å². The number of anilines is 1. The molecule has 1 saturated heterocycles. The summed E-state index contributed by atoms with van der Waals surface area (Å²) in [6, 6.07) is 5.31. The van der Waals surface area contributed by atoms with Crippen molar-refractivity contribution < 1.29 is 14.6 Å². The molecule has 1 aromatic carbocycles. The maximum absolute atomic E-state index is 12.4. The highest BCUT2D eigenvalue weighted by atomic mass is 79.9. The van der Waals surface area contributed by atoms with Crippen LogP contribution in [0.4, 0.5) is 5.69 Å². The van der Waals surface area contributed by atoms with Crippen LogP contribution < -0.4 is 5.73 Å². The first kappa shape index (κ1) is 15.3. The van der Waals surface area contributed by atoms with E-state index in [4.69, 9.17) is 15.6 Å². The van der Waals surface area contributed by atoms with E-state index in [2.05, 4.69) is 15.9 Å². The summed E-state index contributed by atoms with van der Waals surface area (Å²) in [5.74, 6) is -0.0318. The van der Waals surface area contributed by atoms with E-state index in [-0.39, 0.29) is 18.6 Å². The predicted molar refractivity (Wildman–Crippen MR) is 80.5 cm³/mol. The number of amides is 1. The molecule has 0 atom stereocenters. The molecule has 0 spiro atoms. The highest BCUT2D eigenvalue weighted by Crippen LogP contribution is 2.22. The largest absolute Gasteiger partial charge is 0.398 e. The van der Waals surface area contributed by atoms with Crippen molar-refractivity contribution in [1.29, 1.82) is 0 Å². The molecule has 0 radical (unpaired) electrons. The van der Waals surface area contributed by atoms with Gasteiger partial charge >= 0.3 is 0 Å². The van der Waals surface area contributed by atoms with Crippen LogP contribution in [0.3, 0.4) is 0 Å². The predicted octanol–water partition coefficient (Wildman–Crippen LogP) is 1.64. The molecule has 1 heterocycles. The summed E-state index contributed by atoms with van der Waals surface area (Å²) < 4.78 is 6.35. The average Bonchev–Trinajstić information content (AvgIpc) is 2.45. The number of aliphatic hydroxyl groups is 1. The van der Waals surface area contributed by atoms with Gasteiger partial charge in [-0.25, -0.2) is 0 Å². The van der Waals surface area contributed by atoms with Gasteiger partial charge in [-0.3, -0.25) is 4.79 Å². The fraction of sp³-hybridized carbons (Fsp3) is 0.500. The molecule has 0 saturated carbocycles. The second-order valence-corrected chi connectivity index (χ2v) is 5.73. The molecule has 0 aromatic heterocycles. The molecule has 0 bridgehead atoms. The lowest BCUT2D eigenvalue weighted by Crippen LogP contribution is -2.41. The highest BCUT2D eigenvalue weighted by molar-refractivity contribution is 9.10. The second kappa shape index (κ2) is 7.06. The Morgan fingerprint density at radius 3 is 2.75 bits per heavy atom. The maximum Gasteiger partial charge on any atom is 0.255 e. The molecule has 3 N–H and O–H groups in total. The van der Waals surface area contributed by atoms with Crippen LogP contribution in [0.25, 0.3) is 0 Å². The first-order chi connectivity index (χ1) is 9.61. The monoisotopic (exact) mass is 342 g/mol. The topological polar surface area (TPSA) is 75.8 Å². The number of rotatable bonds is 4. The Hall–Kier alpha value is -1.11. The fourth-order valence-corrected chi connectivity index (χ4v) is 2.72. The van der Waals surface area contributed by atoms with Crippen LogP contribution in [0, 0.1) is 0 Å². The minimum absolute atomic E-state index is 0.0318. The zero-order chi connectivity index (χ0) is 14.5. The third-order valence-electron chi connectivity index (χ3n) is 3.42. The van der Waals surface area contributed by atoms with Crippen molar-refractivity contribution in [2.75, 3.05) is 32.0 Å². The van der Waals surface area contributed by atoms with Crippen molar-refractivity contribution in [1.82, 2.24) is 4.90 Å². The van der Waals surface area contributed by atoms with E-state index < -0.39 is 0 Å². The fourth-order valence-electron chi connectivity index (χ4n) is 2.34. The molecule has 20 heavy (non-hydrogen) atoms. The van der Waals surface area contributed by atoms with Crippen molar-refractivity contribution in [3.05, 3.63) is 28.2 Å². The van der Waals surface area contributed by atoms with E-state index in [1.807, 2.05) is 6.07 Å². The van der Waals surface area contributed by atoms with Crippen LogP contribution in [-0.4, -0.2) is 48.3 Å². The van der Waals surface area contributed by atoms with Crippen LogP contribution in [0.2, 0.25) is 0 Å². The van der Waals surface area contributed by atoms with E-state index in [1.165, 1.54) is 0 Å². The maximum atomic E-state index is 12.4. The van der Waals surface area contributed by atoms with Crippen LogP contribution in [0.15, 0.2) is 22.7 Å². The van der Waals surface area contributed by atoms with Gasteiger partial charge < -0.3 is 20.5 Å². The van der Waals surface area contributed by atoms with E-state index in [9.17, 15) is 4.79 Å². The van der Waals surface area contributed by atoms with Gasteiger partial charge in [-0.2, -0.15) is 0 Å². The smallest absolute Gasteiger partial charge is 0.255 e. The summed E-state index contributed by atoms with van der Waals surface area (Å²) in [5.41, 5.74) is 6.93. The number of piperidine rings is 1. The number of halogens is 1. The Morgan fingerprint density at radius 2 is 2.15 bits per heavy atom. The summed E-state index contributed by atoms with van der Waals surface area (Å²) in [6.07, 6.45) is 1.72. The molecule has 1 aromatic rings. The standard InChI is InChI=1S/C14H19BrN2O3/c15-10-1-2-12(13(16)9-10)14(19)17-5-3-11(4-6-17)20-8-7-18/h1-2,9,11,18H,3-8,16H2. The van der Waals surface area contributed by atoms with Gasteiger partial charge in [0, 0.05) is 23.2 Å². The van der Waals surface area contributed by atoms with Gasteiger partial charge in [0.1, 0.15) is 0 Å². The number of ether oxygens (including phenoxy) is 1. The highest BCUT2D eigenvalue weighted by Gasteiger charge is 2.24. The summed E-state index contributed by atoms with van der Waals surface area (Å²) in [5, 5.41) is 8.73. The molecule has 1 amide bonds. The molecule has 0 aliphatic carbocycles. The summed E-state index contributed by atoms with van der Waals surface area (Å²) in [6.45, 7) is 1.71. The number of hydrogen-bond acceptors (Lipinski definition) is 4. The Morgan fingerprint density at radius 1 is 1.45 bits per heavy atom. The van der Waals surface area contributed by atoms with Crippen LogP contribution in [0.1, 0.15) is 23.2 Å². The van der Waals surface area contributed by atoms with Crippen molar-refractivity contribution >= 4 is 27.5 Å². The first-order valence-electron chi connectivity index (χ1n) is 6.68.